The first-order valence-electron chi connectivity index (χ1n) is 9.83. The summed E-state index contributed by atoms with van der Waals surface area (Å²) in [7, 11) is 1.51. The van der Waals surface area contributed by atoms with E-state index >= 15 is 0 Å². The summed E-state index contributed by atoms with van der Waals surface area (Å²) in [6.45, 7) is 5.53. The maximum Gasteiger partial charge on any atom is 0.266 e. The molecule has 1 N–H and O–H groups in total. The zero-order chi connectivity index (χ0) is 23.4. The van der Waals surface area contributed by atoms with Gasteiger partial charge in [0, 0.05) is 16.8 Å². The summed E-state index contributed by atoms with van der Waals surface area (Å²) in [5, 5.41) is 3.32. The summed E-state index contributed by atoms with van der Waals surface area (Å²) in [6.07, 6.45) is 1.77. The highest BCUT2D eigenvalue weighted by molar-refractivity contribution is 8.26. The Hall–Kier alpha value is -2.55. The van der Waals surface area contributed by atoms with Crippen molar-refractivity contribution >= 4 is 63.5 Å². The molecule has 3 rings (SSSR count). The van der Waals surface area contributed by atoms with Crippen molar-refractivity contribution in [3.63, 3.8) is 0 Å². The molecule has 6 nitrogen and oxygen atoms in total. The number of anilines is 1. The van der Waals surface area contributed by atoms with Crippen LogP contribution in [0.2, 0.25) is 5.02 Å². The lowest BCUT2D eigenvalue weighted by Gasteiger charge is -2.18. The van der Waals surface area contributed by atoms with Gasteiger partial charge in [-0.05, 0) is 62.2 Å². The Labute approximate surface area is 201 Å². The average Bonchev–Trinajstić information content (AvgIpc) is 3.02. The lowest BCUT2D eigenvalue weighted by Crippen LogP contribution is -2.34. The fourth-order valence-electron chi connectivity index (χ4n) is 3.03. The number of methoxy groups -OCH3 is 1. The molecule has 0 spiro atoms. The molecule has 9 heteroatoms. The lowest BCUT2D eigenvalue weighted by atomic mass is 10.1. The fourth-order valence-corrected chi connectivity index (χ4v) is 4.72. The first-order valence-corrected chi connectivity index (χ1v) is 11.4. The van der Waals surface area contributed by atoms with Crippen LogP contribution in [0.5, 0.6) is 11.5 Å². The standard InChI is InChI=1S/C23H23ClN2O4S2/c1-13(2)26-22(28)20(32-23(26)31)10-15-6-8-18(19(9-15)29-4)30-12-21(27)25-17-11-16(24)7-5-14(17)3/h5-11,13H,12H2,1-4H3,(H,25,27)/b20-10-. The molecule has 0 aliphatic carbocycles. The Bertz CT molecular complexity index is 1100. The predicted molar refractivity (Wildman–Crippen MR) is 133 cm³/mol. The molecule has 168 valence electrons. The minimum Gasteiger partial charge on any atom is -0.493 e. The van der Waals surface area contributed by atoms with Gasteiger partial charge < -0.3 is 14.8 Å². The van der Waals surface area contributed by atoms with E-state index in [0.29, 0.717) is 31.4 Å². The summed E-state index contributed by atoms with van der Waals surface area (Å²) >= 11 is 12.6. The van der Waals surface area contributed by atoms with Gasteiger partial charge in [0.25, 0.3) is 11.8 Å². The molecule has 1 heterocycles. The maximum atomic E-state index is 12.6. The number of carbonyl (C=O) groups is 2. The third-order valence-electron chi connectivity index (χ3n) is 4.66. The third-order valence-corrected chi connectivity index (χ3v) is 6.22. The Morgan fingerprint density at radius 3 is 2.66 bits per heavy atom. The van der Waals surface area contributed by atoms with E-state index in [0.717, 1.165) is 11.1 Å². The van der Waals surface area contributed by atoms with E-state index in [1.807, 2.05) is 26.8 Å². The largest absolute Gasteiger partial charge is 0.493 e. The van der Waals surface area contributed by atoms with Crippen LogP contribution >= 0.6 is 35.6 Å². The Balaban J connectivity index is 1.69. The molecule has 32 heavy (non-hydrogen) atoms. The minimum absolute atomic E-state index is 0.000516. The summed E-state index contributed by atoms with van der Waals surface area (Å²) in [5.41, 5.74) is 2.29. The quantitative estimate of drug-likeness (QED) is 0.420. The van der Waals surface area contributed by atoms with E-state index in [-0.39, 0.29) is 24.5 Å². The zero-order valence-corrected chi connectivity index (χ0v) is 20.5. The second-order valence-electron chi connectivity index (χ2n) is 7.35. The number of thioether (sulfide) groups is 1. The first-order chi connectivity index (χ1) is 15.2. The van der Waals surface area contributed by atoms with Crippen molar-refractivity contribution in [1.82, 2.24) is 4.90 Å². The van der Waals surface area contributed by atoms with E-state index < -0.39 is 0 Å². The van der Waals surface area contributed by atoms with Crippen LogP contribution in [0.25, 0.3) is 6.08 Å². The predicted octanol–water partition coefficient (Wildman–Crippen LogP) is 5.28. The van der Waals surface area contributed by atoms with Gasteiger partial charge >= 0.3 is 0 Å². The number of amides is 2. The fraction of sp³-hybridized carbons (Fsp3) is 0.261. The number of rotatable bonds is 7. The van der Waals surface area contributed by atoms with Crippen molar-refractivity contribution in [1.29, 1.82) is 0 Å². The molecule has 1 fully saturated rings. The van der Waals surface area contributed by atoms with Crippen molar-refractivity contribution < 1.29 is 19.1 Å². The van der Waals surface area contributed by atoms with Crippen LogP contribution in [0, 0.1) is 6.92 Å². The van der Waals surface area contributed by atoms with Crippen LogP contribution in [0.4, 0.5) is 5.69 Å². The van der Waals surface area contributed by atoms with Crippen molar-refractivity contribution in [2.75, 3.05) is 19.0 Å². The highest BCUT2D eigenvalue weighted by atomic mass is 35.5. The first kappa shape index (κ1) is 24.1. The topological polar surface area (TPSA) is 67.9 Å². The summed E-state index contributed by atoms with van der Waals surface area (Å²) in [4.78, 5) is 27.1. The van der Waals surface area contributed by atoms with Gasteiger partial charge in [0.2, 0.25) is 0 Å². The Morgan fingerprint density at radius 1 is 1.25 bits per heavy atom. The van der Waals surface area contributed by atoms with Crippen molar-refractivity contribution in [3.8, 4) is 11.5 Å². The van der Waals surface area contributed by atoms with Crippen LogP contribution in [0.1, 0.15) is 25.0 Å². The zero-order valence-electron chi connectivity index (χ0n) is 18.1. The van der Waals surface area contributed by atoms with Gasteiger partial charge in [-0.25, -0.2) is 0 Å². The normalized spacial score (nSPS) is 14.9. The van der Waals surface area contributed by atoms with Gasteiger partial charge in [0.15, 0.2) is 18.1 Å². The van der Waals surface area contributed by atoms with Crippen molar-refractivity contribution in [2.45, 2.75) is 26.8 Å². The highest BCUT2D eigenvalue weighted by Gasteiger charge is 2.33. The molecule has 1 aliphatic rings. The molecule has 2 aromatic rings. The number of hydrogen-bond donors (Lipinski definition) is 1. The van der Waals surface area contributed by atoms with Crippen LogP contribution < -0.4 is 14.8 Å². The van der Waals surface area contributed by atoms with E-state index in [2.05, 4.69) is 5.32 Å². The van der Waals surface area contributed by atoms with Gasteiger partial charge in [-0.2, -0.15) is 0 Å². The van der Waals surface area contributed by atoms with Crippen LogP contribution in [-0.2, 0) is 9.59 Å². The van der Waals surface area contributed by atoms with E-state index in [1.54, 1.807) is 41.3 Å². The van der Waals surface area contributed by atoms with Crippen LogP contribution in [-0.4, -0.2) is 40.8 Å². The molecular formula is C23H23ClN2O4S2. The smallest absolute Gasteiger partial charge is 0.266 e. The summed E-state index contributed by atoms with van der Waals surface area (Å²) < 4.78 is 11.6. The SMILES string of the molecule is COc1cc(/C=C2\SC(=S)N(C(C)C)C2=O)ccc1OCC(=O)Nc1cc(Cl)ccc1C. The second kappa shape index (κ2) is 10.4. The van der Waals surface area contributed by atoms with Crippen LogP contribution in [0.15, 0.2) is 41.3 Å². The number of carbonyl (C=O) groups excluding carboxylic acids is 2. The number of hydrogen-bond acceptors (Lipinski definition) is 6. The van der Waals surface area contributed by atoms with E-state index in [4.69, 9.17) is 33.3 Å². The number of nitrogens with one attached hydrogen (secondary N) is 1. The number of benzene rings is 2. The van der Waals surface area contributed by atoms with Gasteiger partial charge in [-0.3, -0.25) is 14.5 Å². The molecular weight excluding hydrogens is 468 g/mol. The number of aryl methyl sites for hydroxylation is 1. The number of ether oxygens (including phenoxy) is 2. The average molecular weight is 491 g/mol. The Morgan fingerprint density at radius 2 is 2.00 bits per heavy atom. The molecule has 1 saturated heterocycles. The molecule has 0 saturated carbocycles. The summed E-state index contributed by atoms with van der Waals surface area (Å²) in [6, 6.07) is 10.5. The van der Waals surface area contributed by atoms with Crippen molar-refractivity contribution in [3.05, 3.63) is 57.5 Å². The molecule has 0 atom stereocenters. The van der Waals surface area contributed by atoms with Gasteiger partial charge in [0.05, 0.1) is 12.0 Å². The number of halogens is 1. The van der Waals surface area contributed by atoms with Crippen LogP contribution in [0.3, 0.4) is 0 Å². The van der Waals surface area contributed by atoms with Gasteiger partial charge in [-0.15, -0.1) is 0 Å². The highest BCUT2D eigenvalue weighted by Crippen LogP contribution is 2.35. The molecule has 2 amide bonds. The molecule has 0 radical (unpaired) electrons. The van der Waals surface area contributed by atoms with E-state index in [1.165, 1.54) is 18.9 Å². The number of nitrogens with zero attached hydrogens (tertiary/aromatic N) is 1. The summed E-state index contributed by atoms with van der Waals surface area (Å²) in [5.74, 6) is 0.434. The second-order valence-corrected chi connectivity index (χ2v) is 9.46. The van der Waals surface area contributed by atoms with Crippen molar-refractivity contribution in [2.24, 2.45) is 0 Å². The molecule has 0 unspecified atom stereocenters. The number of thiocarbonyl (C=S) groups is 1. The molecule has 2 aromatic carbocycles. The molecule has 0 bridgehead atoms. The lowest BCUT2D eigenvalue weighted by molar-refractivity contribution is -0.123. The monoisotopic (exact) mass is 490 g/mol. The van der Waals surface area contributed by atoms with Gasteiger partial charge in [-0.1, -0.05) is 47.7 Å². The maximum absolute atomic E-state index is 12.6. The van der Waals surface area contributed by atoms with Gasteiger partial charge in [0.1, 0.15) is 4.32 Å². The Kier molecular flexibility index (Phi) is 7.82. The molecule has 0 aromatic heterocycles. The minimum atomic E-state index is -0.321. The third kappa shape index (κ3) is 5.62. The molecule has 1 aliphatic heterocycles. The van der Waals surface area contributed by atoms with E-state index in [9.17, 15) is 9.59 Å².